The van der Waals surface area contributed by atoms with E-state index in [-0.39, 0.29) is 31.6 Å². The molecular formula is C24H14Cl4N2O. The molecule has 2 aliphatic rings. The van der Waals surface area contributed by atoms with Crippen molar-refractivity contribution in [2.75, 3.05) is 0 Å². The van der Waals surface area contributed by atoms with Gasteiger partial charge in [0.15, 0.2) is 0 Å². The first-order chi connectivity index (χ1) is 15.0. The molecule has 3 aromatic carbocycles. The van der Waals surface area contributed by atoms with Gasteiger partial charge in [0.2, 0.25) is 0 Å². The molecule has 0 aliphatic carbocycles. The minimum atomic E-state index is -0.366. The van der Waals surface area contributed by atoms with Crippen LogP contribution in [0.4, 0.5) is 5.69 Å². The molecule has 0 bridgehead atoms. The van der Waals surface area contributed by atoms with Crippen LogP contribution in [0.2, 0.25) is 20.1 Å². The van der Waals surface area contributed by atoms with Crippen molar-refractivity contribution in [3.63, 3.8) is 0 Å². The summed E-state index contributed by atoms with van der Waals surface area (Å²) in [4.78, 5) is 17.4. The molecule has 0 unspecified atom stereocenters. The van der Waals surface area contributed by atoms with E-state index in [2.05, 4.69) is 23.5 Å². The second-order valence-corrected chi connectivity index (χ2v) is 8.80. The van der Waals surface area contributed by atoms with E-state index in [0.717, 1.165) is 24.2 Å². The van der Waals surface area contributed by atoms with Crippen LogP contribution in [0.3, 0.4) is 0 Å². The molecule has 0 aromatic heterocycles. The summed E-state index contributed by atoms with van der Waals surface area (Å²) in [6, 6.07) is 16.4. The summed E-state index contributed by atoms with van der Waals surface area (Å²) in [5, 5.41) is 3.30. The van der Waals surface area contributed by atoms with Crippen molar-refractivity contribution in [2.45, 2.75) is 12.8 Å². The number of nitrogens with zero attached hydrogens (tertiary/aromatic N) is 1. The maximum absolute atomic E-state index is 12.5. The second kappa shape index (κ2) is 7.99. The summed E-state index contributed by atoms with van der Waals surface area (Å²) in [5.41, 5.74) is 6.52. The lowest BCUT2D eigenvalue weighted by Gasteiger charge is -2.18. The number of fused-ring (bicyclic) bond motifs is 2. The van der Waals surface area contributed by atoms with Gasteiger partial charge in [-0.1, -0.05) is 88.9 Å². The van der Waals surface area contributed by atoms with E-state index in [0.29, 0.717) is 11.3 Å². The third-order valence-corrected chi connectivity index (χ3v) is 7.26. The number of benzene rings is 3. The zero-order valence-electron chi connectivity index (χ0n) is 16.0. The Bertz CT molecular complexity index is 1310. The summed E-state index contributed by atoms with van der Waals surface area (Å²) < 4.78 is 0. The van der Waals surface area contributed by atoms with Gasteiger partial charge >= 0.3 is 0 Å². The molecule has 5 rings (SSSR count). The van der Waals surface area contributed by atoms with Gasteiger partial charge in [-0.3, -0.25) is 9.79 Å². The number of rotatable bonds is 2. The first kappa shape index (κ1) is 20.6. The SMILES string of the molecule is O=C1N/C(=C\C2=Nc3cccc(-c4ccccc4)c3CC2)c2c(Cl)c(Cl)c(Cl)c(Cl)c21. The number of allylic oxidation sites excluding steroid dienone is 1. The second-order valence-electron chi connectivity index (χ2n) is 7.29. The van der Waals surface area contributed by atoms with Gasteiger partial charge in [0.05, 0.1) is 37.0 Å². The standard InChI is InChI=1S/C24H14Cl4N2O/c25-20-18-17(30-24(31)19(18)21(26)23(28)22(20)27)11-13-9-10-15-14(7-4-8-16(15)29-13)12-5-2-1-3-6-12/h1-8,11H,9-10H2,(H,30,31)/b17-11-. The average molecular weight is 488 g/mol. The van der Waals surface area contributed by atoms with Gasteiger partial charge in [0.1, 0.15) is 0 Å². The first-order valence-corrected chi connectivity index (χ1v) is 11.1. The third kappa shape index (κ3) is 3.46. The molecule has 3 nitrogen and oxygen atoms in total. The van der Waals surface area contributed by atoms with E-state index in [1.54, 1.807) is 0 Å². The fourth-order valence-electron chi connectivity index (χ4n) is 4.02. The van der Waals surface area contributed by atoms with Gasteiger partial charge in [-0.2, -0.15) is 0 Å². The number of hydrogen-bond acceptors (Lipinski definition) is 2. The minimum Gasteiger partial charge on any atom is -0.321 e. The smallest absolute Gasteiger partial charge is 0.257 e. The van der Waals surface area contributed by atoms with Crippen LogP contribution in [-0.2, 0) is 6.42 Å². The molecule has 0 spiro atoms. The molecule has 2 aliphatic heterocycles. The molecule has 1 N–H and O–H groups in total. The Kier molecular flexibility index (Phi) is 5.31. The number of aliphatic imine (C=N–C) groups is 1. The number of hydrogen-bond donors (Lipinski definition) is 1. The lowest BCUT2D eigenvalue weighted by atomic mass is 9.92. The minimum absolute atomic E-state index is 0.0702. The molecule has 0 atom stereocenters. The summed E-state index contributed by atoms with van der Waals surface area (Å²) in [6.07, 6.45) is 3.38. The van der Waals surface area contributed by atoms with Crippen LogP contribution in [0.1, 0.15) is 27.9 Å². The lowest BCUT2D eigenvalue weighted by molar-refractivity contribution is 0.0981. The van der Waals surface area contributed by atoms with Crippen molar-refractivity contribution in [1.29, 1.82) is 0 Å². The number of carbonyl (C=O) groups is 1. The summed E-state index contributed by atoms with van der Waals surface area (Å²) in [6.45, 7) is 0. The van der Waals surface area contributed by atoms with E-state index in [1.165, 1.54) is 16.7 Å². The van der Waals surface area contributed by atoms with Crippen molar-refractivity contribution >= 4 is 69.4 Å². The number of halogens is 4. The summed E-state index contributed by atoms with van der Waals surface area (Å²) >= 11 is 25.0. The van der Waals surface area contributed by atoms with Crippen molar-refractivity contribution in [1.82, 2.24) is 5.32 Å². The van der Waals surface area contributed by atoms with Crippen LogP contribution < -0.4 is 5.32 Å². The Morgan fingerprint density at radius 1 is 0.806 bits per heavy atom. The lowest BCUT2D eigenvalue weighted by Crippen LogP contribution is -2.14. The third-order valence-electron chi connectivity index (χ3n) is 5.45. The van der Waals surface area contributed by atoms with Crippen LogP contribution >= 0.6 is 46.4 Å². The fraction of sp³-hybridized carbons (Fsp3) is 0.0833. The van der Waals surface area contributed by atoms with Crippen molar-refractivity contribution < 1.29 is 4.79 Å². The van der Waals surface area contributed by atoms with Crippen LogP contribution in [0.15, 0.2) is 59.6 Å². The highest BCUT2D eigenvalue weighted by Crippen LogP contribution is 2.46. The quantitative estimate of drug-likeness (QED) is 0.291. The van der Waals surface area contributed by atoms with Gasteiger partial charge in [-0.25, -0.2) is 0 Å². The van der Waals surface area contributed by atoms with E-state index in [1.807, 2.05) is 36.4 Å². The number of nitrogens with one attached hydrogen (secondary N) is 1. The Morgan fingerprint density at radius 3 is 2.26 bits per heavy atom. The molecule has 31 heavy (non-hydrogen) atoms. The molecule has 3 aromatic rings. The topological polar surface area (TPSA) is 41.5 Å². The largest absolute Gasteiger partial charge is 0.321 e. The van der Waals surface area contributed by atoms with Crippen LogP contribution in [0.25, 0.3) is 16.8 Å². The molecule has 2 heterocycles. The molecule has 0 saturated carbocycles. The Hall–Kier alpha value is -2.30. The predicted octanol–water partition coefficient (Wildman–Crippen LogP) is 7.77. The Morgan fingerprint density at radius 2 is 1.52 bits per heavy atom. The van der Waals surface area contributed by atoms with E-state index in [4.69, 9.17) is 51.4 Å². The molecule has 154 valence electrons. The zero-order chi connectivity index (χ0) is 21.7. The van der Waals surface area contributed by atoms with E-state index >= 15 is 0 Å². The number of amides is 1. The highest BCUT2D eigenvalue weighted by atomic mass is 35.5. The maximum Gasteiger partial charge on any atom is 0.257 e. The highest BCUT2D eigenvalue weighted by Gasteiger charge is 2.33. The summed E-state index contributed by atoms with van der Waals surface area (Å²) in [5.74, 6) is -0.366. The average Bonchev–Trinajstić information content (AvgIpc) is 3.11. The fourth-order valence-corrected chi connectivity index (χ4v) is 5.06. The molecule has 7 heteroatoms. The van der Waals surface area contributed by atoms with Gasteiger partial charge in [-0.15, -0.1) is 0 Å². The molecule has 0 saturated heterocycles. The van der Waals surface area contributed by atoms with Crippen LogP contribution in [-0.4, -0.2) is 11.6 Å². The highest BCUT2D eigenvalue weighted by molar-refractivity contribution is 6.54. The van der Waals surface area contributed by atoms with Crippen molar-refractivity contribution in [3.05, 3.63) is 91.4 Å². The van der Waals surface area contributed by atoms with Gasteiger partial charge < -0.3 is 5.32 Å². The summed E-state index contributed by atoms with van der Waals surface area (Å²) in [7, 11) is 0. The van der Waals surface area contributed by atoms with E-state index in [9.17, 15) is 4.79 Å². The molecule has 1 amide bonds. The van der Waals surface area contributed by atoms with Crippen LogP contribution in [0.5, 0.6) is 0 Å². The van der Waals surface area contributed by atoms with Crippen molar-refractivity contribution in [2.24, 2.45) is 4.99 Å². The number of carbonyl (C=O) groups excluding carboxylic acids is 1. The van der Waals surface area contributed by atoms with Gasteiger partial charge in [0, 0.05) is 11.3 Å². The van der Waals surface area contributed by atoms with Crippen molar-refractivity contribution in [3.8, 4) is 11.1 Å². The Labute approximate surface area is 199 Å². The maximum atomic E-state index is 12.5. The monoisotopic (exact) mass is 486 g/mol. The molecule has 0 fully saturated rings. The van der Waals surface area contributed by atoms with Gasteiger partial charge in [0.25, 0.3) is 5.91 Å². The normalized spacial score (nSPS) is 16.1. The van der Waals surface area contributed by atoms with E-state index < -0.39 is 0 Å². The molecular weight excluding hydrogens is 474 g/mol. The van der Waals surface area contributed by atoms with Crippen LogP contribution in [0, 0.1) is 0 Å². The van der Waals surface area contributed by atoms with Gasteiger partial charge in [-0.05, 0) is 41.7 Å². The Balaban J connectivity index is 1.59. The predicted molar refractivity (Wildman–Crippen MR) is 129 cm³/mol. The first-order valence-electron chi connectivity index (χ1n) is 9.60. The molecule has 0 radical (unpaired) electrons. The zero-order valence-corrected chi connectivity index (χ0v) is 19.0.